The standard InChI is InChI=1S/C55H91N23O21/c1-23(2)41(58)51(96)72-30(9-11-38(82)83)44(89)71-29(8-10-36(56)80)45(90)73-32(15-26-20-64-22-68-26)48(93)74-31(14-25-19-63-21-67-25)47(92)70-27(6-4-12-65-54(59)60)43(88)69-28(7-5-13-66-55(61)62)46(91)78-42(24(3)79)52(97)76-34(17-39(84)85)50(95)75-33(16-37(57)81)49(94)77-35(53(98)99)18-40(86)87/h19-24,27-35,41-42,54-55,65-66,79H,4-18,58-62H2,1-3H3,(H2,56,80)(H2,57,81)(H,63,67)(H,64,68)(H,69,88)(H,70,92)(H,71,89)(H,72,96)(H,73,90)(H,74,93)(H,75,95)(H,76,97)(H,77,94)(H,78,91)(H,82,83)(H,84,85)(H,86,87)(H,98,99)/t24-,27+,28+,29+,30+,31+,32+,33+,34+,35+,41+,42+/m1/s1. The molecule has 0 bridgehead atoms. The van der Waals surface area contributed by atoms with Crippen LogP contribution in [0.4, 0.5) is 0 Å². The normalized spacial score (nSPS) is 14.9. The molecule has 0 saturated carbocycles. The first-order valence-corrected chi connectivity index (χ1v) is 30.7. The Hall–Kier alpha value is -10.4. The van der Waals surface area contributed by atoms with E-state index < -0.39 is 244 Å². The van der Waals surface area contributed by atoms with Crippen LogP contribution in [0.5, 0.6) is 0 Å². The molecule has 12 amide bonds. The predicted octanol–water partition coefficient (Wildman–Crippen LogP) is -11.7. The highest BCUT2D eigenvalue weighted by atomic mass is 16.4. The summed E-state index contributed by atoms with van der Waals surface area (Å²) in [6.45, 7) is 4.18. The number of primary amides is 2. The summed E-state index contributed by atoms with van der Waals surface area (Å²) in [7, 11) is 0. The van der Waals surface area contributed by atoms with Gasteiger partial charge in [0.25, 0.3) is 0 Å². The lowest BCUT2D eigenvalue weighted by Gasteiger charge is -2.29. The number of aliphatic hydroxyl groups excluding tert-OH is 1. The van der Waals surface area contributed by atoms with E-state index in [4.69, 9.17) is 45.2 Å². The molecule has 0 fully saturated rings. The first kappa shape index (κ1) is 84.7. The molecule has 0 aromatic carbocycles. The summed E-state index contributed by atoms with van der Waals surface area (Å²) in [5.74, 6) is -21.4. The maximum atomic E-state index is 14.8. The number of amides is 12. The molecule has 0 aliphatic rings. The first-order valence-electron chi connectivity index (χ1n) is 30.7. The molecule has 44 heteroatoms. The number of nitrogens with zero attached hydrogens (tertiary/aromatic N) is 2. The van der Waals surface area contributed by atoms with Gasteiger partial charge in [0.05, 0.1) is 44.1 Å². The number of hydrogen-bond acceptors (Lipinski definition) is 26. The third-order valence-electron chi connectivity index (χ3n) is 14.3. The minimum atomic E-state index is -2.22. The average Bonchev–Trinajstić information content (AvgIpc) is 1.25. The number of carboxylic acids is 4. The molecule has 2 aromatic rings. The Kier molecular flexibility index (Phi) is 36.8. The molecule has 552 valence electrons. The van der Waals surface area contributed by atoms with Crippen molar-refractivity contribution in [3.63, 3.8) is 0 Å². The molecule has 0 unspecified atom stereocenters. The van der Waals surface area contributed by atoms with Gasteiger partial charge in [-0.2, -0.15) is 0 Å². The summed E-state index contributed by atoms with van der Waals surface area (Å²) in [6, 6.07) is -19.8. The van der Waals surface area contributed by atoms with Crippen molar-refractivity contribution >= 4 is 94.8 Å². The van der Waals surface area contributed by atoms with Gasteiger partial charge >= 0.3 is 23.9 Å². The number of carbonyl (C=O) groups is 16. The van der Waals surface area contributed by atoms with E-state index in [1.165, 1.54) is 25.0 Å². The summed E-state index contributed by atoms with van der Waals surface area (Å²) in [4.78, 5) is 224. The van der Waals surface area contributed by atoms with Gasteiger partial charge in [-0.25, -0.2) is 14.8 Å². The first-order chi connectivity index (χ1) is 46.4. The topological polar surface area (TPSA) is 758 Å². The SMILES string of the molecule is CC(C)[C@H](N)C(=O)N[C@@H](CCC(=O)O)C(=O)N[C@@H](CCC(N)=O)C(=O)N[C@@H](Cc1cnc[nH]1)C(=O)N[C@@H](Cc1cnc[nH]1)C(=O)N[C@@H](CCCNC(N)N)C(=O)N[C@@H](CCCNC(N)N)C(=O)N[C@H](C(=O)N[C@@H](CC(=O)O)C(=O)N[C@@H](CC(N)=O)C(=O)N[C@@H](CC(=O)O)C(=O)O)[C@@H](C)O. The second kappa shape index (κ2) is 43.0. The molecule has 0 saturated heterocycles. The lowest BCUT2D eigenvalue weighted by Crippen LogP contribution is -2.62. The number of hydrogen-bond donors (Lipinski definition) is 26. The number of aliphatic hydroxyl groups is 1. The van der Waals surface area contributed by atoms with Crippen molar-refractivity contribution in [3.05, 3.63) is 36.4 Å². The number of carbonyl (C=O) groups excluding carboxylic acids is 12. The molecule has 33 N–H and O–H groups in total. The van der Waals surface area contributed by atoms with Gasteiger partial charge < -0.3 is 129 Å². The van der Waals surface area contributed by atoms with E-state index in [0.29, 0.717) is 0 Å². The molecule has 0 spiro atoms. The molecule has 2 aromatic heterocycles. The van der Waals surface area contributed by atoms with Gasteiger partial charge in [-0.05, 0) is 64.5 Å². The molecule has 0 aliphatic carbocycles. The zero-order valence-electron chi connectivity index (χ0n) is 54.3. The molecule has 99 heavy (non-hydrogen) atoms. The van der Waals surface area contributed by atoms with Crippen molar-refractivity contribution in [1.29, 1.82) is 0 Å². The number of aliphatic carboxylic acids is 4. The molecule has 0 aliphatic heterocycles. The van der Waals surface area contributed by atoms with Crippen LogP contribution in [0.3, 0.4) is 0 Å². The van der Waals surface area contributed by atoms with Gasteiger partial charge in [0.15, 0.2) is 0 Å². The number of aromatic nitrogens is 4. The fraction of sp³-hybridized carbons (Fsp3) is 0.600. The average molecular weight is 1410 g/mol. The maximum Gasteiger partial charge on any atom is 0.326 e. The summed E-state index contributed by atoms with van der Waals surface area (Å²) in [6.07, 6.45) is -6.22. The van der Waals surface area contributed by atoms with Crippen LogP contribution < -0.4 is 104 Å². The second-order valence-electron chi connectivity index (χ2n) is 23.0. The van der Waals surface area contributed by atoms with Gasteiger partial charge in [-0.15, -0.1) is 0 Å². The molecule has 44 nitrogen and oxygen atoms in total. The lowest BCUT2D eigenvalue weighted by molar-refractivity contribution is -0.147. The predicted molar refractivity (Wildman–Crippen MR) is 338 cm³/mol. The van der Waals surface area contributed by atoms with Crippen molar-refractivity contribution in [2.45, 2.75) is 189 Å². The summed E-state index contributed by atoms with van der Waals surface area (Å²) in [5.41, 5.74) is 39.7. The van der Waals surface area contributed by atoms with Gasteiger partial charge in [0.2, 0.25) is 70.9 Å². The van der Waals surface area contributed by atoms with Crippen molar-refractivity contribution in [3.8, 4) is 0 Å². The van der Waals surface area contributed by atoms with Crippen LogP contribution in [0.25, 0.3) is 0 Å². The minimum absolute atomic E-state index is 0.00317. The number of rotatable bonds is 49. The Morgan fingerprint density at radius 2 is 0.758 bits per heavy atom. The van der Waals surface area contributed by atoms with Gasteiger partial charge in [-0.3, -0.25) is 82.6 Å². The van der Waals surface area contributed by atoms with Crippen molar-refractivity contribution in [2.24, 2.45) is 46.1 Å². The molecule has 2 rings (SSSR count). The number of carboxylic acid groups (broad SMARTS) is 4. The van der Waals surface area contributed by atoms with Gasteiger partial charge in [0, 0.05) is 49.5 Å². The maximum absolute atomic E-state index is 14.8. The van der Waals surface area contributed by atoms with Crippen LogP contribution in [-0.4, -0.2) is 238 Å². The highest BCUT2D eigenvalue weighted by molar-refractivity contribution is 6.00. The monoisotopic (exact) mass is 1410 g/mol. The Bertz CT molecular complexity index is 3080. The Morgan fingerprint density at radius 1 is 0.414 bits per heavy atom. The number of nitrogens with two attached hydrogens (primary N) is 7. The van der Waals surface area contributed by atoms with Crippen LogP contribution in [0.2, 0.25) is 0 Å². The lowest BCUT2D eigenvalue weighted by atomic mass is 10.0. The smallest absolute Gasteiger partial charge is 0.326 e. The van der Waals surface area contributed by atoms with E-state index >= 15 is 0 Å². The number of nitrogens with one attached hydrogen (secondary N) is 14. The van der Waals surface area contributed by atoms with Gasteiger partial charge in [0.1, 0.15) is 73.0 Å². The number of aromatic amines is 2. The van der Waals surface area contributed by atoms with Crippen molar-refractivity contribution in [1.82, 2.24) is 83.7 Å². The Balaban J connectivity index is 2.65. The molecular formula is C55H91N23O21. The zero-order valence-corrected chi connectivity index (χ0v) is 54.3. The largest absolute Gasteiger partial charge is 0.481 e. The van der Waals surface area contributed by atoms with Crippen LogP contribution >= 0.6 is 0 Å². The zero-order chi connectivity index (χ0) is 74.8. The van der Waals surface area contributed by atoms with Crippen molar-refractivity contribution in [2.75, 3.05) is 13.1 Å². The number of imidazole rings is 2. The number of H-pyrrole nitrogens is 2. The van der Waals surface area contributed by atoms with E-state index in [0.717, 1.165) is 6.92 Å². The second-order valence-corrected chi connectivity index (χ2v) is 23.0. The quantitative estimate of drug-likeness (QED) is 0.0216. The van der Waals surface area contributed by atoms with E-state index in [9.17, 15) is 97.1 Å². The fourth-order valence-electron chi connectivity index (χ4n) is 9.00. The Morgan fingerprint density at radius 3 is 1.12 bits per heavy atom. The highest BCUT2D eigenvalue weighted by Crippen LogP contribution is 2.12. The molecule has 0 radical (unpaired) electrons. The minimum Gasteiger partial charge on any atom is -0.481 e. The van der Waals surface area contributed by atoms with E-state index in [1.54, 1.807) is 19.2 Å². The van der Waals surface area contributed by atoms with E-state index in [2.05, 4.69) is 67.8 Å². The molecular weight excluding hydrogens is 1320 g/mol. The molecule has 2 heterocycles. The van der Waals surface area contributed by atoms with Crippen LogP contribution in [0, 0.1) is 5.92 Å². The van der Waals surface area contributed by atoms with Crippen LogP contribution in [-0.2, 0) is 89.6 Å². The summed E-state index contributed by atoms with van der Waals surface area (Å²) >= 11 is 0. The van der Waals surface area contributed by atoms with Crippen molar-refractivity contribution < 1.29 is 102 Å². The summed E-state index contributed by atoms with van der Waals surface area (Å²) < 4.78 is 0. The fourth-order valence-corrected chi connectivity index (χ4v) is 9.00. The van der Waals surface area contributed by atoms with Crippen LogP contribution in [0.15, 0.2) is 25.0 Å². The van der Waals surface area contributed by atoms with Crippen LogP contribution in [0.1, 0.15) is 103 Å². The summed E-state index contributed by atoms with van der Waals surface area (Å²) in [5, 5.41) is 76.8. The van der Waals surface area contributed by atoms with E-state index in [1.807, 2.05) is 10.6 Å². The third-order valence-corrected chi connectivity index (χ3v) is 14.3. The highest BCUT2D eigenvalue weighted by Gasteiger charge is 2.39. The Labute approximate surface area is 564 Å². The van der Waals surface area contributed by atoms with Gasteiger partial charge in [-0.1, -0.05) is 13.8 Å². The molecule has 12 atom stereocenters. The third kappa shape index (κ3) is 33.0. The van der Waals surface area contributed by atoms with E-state index in [-0.39, 0.29) is 50.2 Å².